The van der Waals surface area contributed by atoms with Crippen LogP contribution in [-0.2, 0) is 0 Å². The fourth-order valence-corrected chi connectivity index (χ4v) is 3.06. The van der Waals surface area contributed by atoms with Gasteiger partial charge in [-0.2, -0.15) is 0 Å². The van der Waals surface area contributed by atoms with Crippen molar-refractivity contribution in [2.24, 2.45) is 0 Å². The van der Waals surface area contributed by atoms with Crippen LogP contribution in [0.3, 0.4) is 0 Å². The molecular formula is C13H18N2O2. The quantitative estimate of drug-likeness (QED) is 0.802. The summed E-state index contributed by atoms with van der Waals surface area (Å²) in [6.45, 7) is 3.81. The van der Waals surface area contributed by atoms with Crippen LogP contribution < -0.4 is 5.32 Å². The van der Waals surface area contributed by atoms with Gasteiger partial charge in [0.15, 0.2) is 0 Å². The Morgan fingerprint density at radius 3 is 3.18 bits per heavy atom. The van der Waals surface area contributed by atoms with Gasteiger partial charge >= 0.3 is 0 Å². The molecule has 92 valence electrons. The number of amides is 1. The van der Waals surface area contributed by atoms with E-state index in [0.717, 1.165) is 43.7 Å². The average molecular weight is 234 g/mol. The number of carbonyl (C=O) groups excluding carboxylic acids is 1. The number of nitrogens with zero attached hydrogens (tertiary/aromatic N) is 1. The van der Waals surface area contributed by atoms with E-state index >= 15 is 0 Å². The second kappa shape index (κ2) is 4.18. The Hall–Kier alpha value is -1.29. The number of piperidine rings is 1. The number of fused-ring (bicyclic) bond motifs is 1. The molecule has 1 aromatic heterocycles. The van der Waals surface area contributed by atoms with E-state index in [-0.39, 0.29) is 5.91 Å². The van der Waals surface area contributed by atoms with Gasteiger partial charge in [0.2, 0.25) is 0 Å². The van der Waals surface area contributed by atoms with Gasteiger partial charge in [-0.05, 0) is 38.8 Å². The summed E-state index contributed by atoms with van der Waals surface area (Å²) in [5, 5.41) is 3.51. The van der Waals surface area contributed by atoms with Gasteiger partial charge in [-0.15, -0.1) is 0 Å². The van der Waals surface area contributed by atoms with Crippen molar-refractivity contribution in [3.8, 4) is 0 Å². The minimum Gasteiger partial charge on any atom is -0.469 e. The van der Waals surface area contributed by atoms with Gasteiger partial charge in [-0.1, -0.05) is 0 Å². The van der Waals surface area contributed by atoms with Crippen molar-refractivity contribution in [3.05, 3.63) is 23.7 Å². The van der Waals surface area contributed by atoms with E-state index in [2.05, 4.69) is 5.32 Å². The highest BCUT2D eigenvalue weighted by atomic mass is 16.3. The lowest BCUT2D eigenvalue weighted by atomic mass is 9.99. The first-order valence-electron chi connectivity index (χ1n) is 6.36. The molecule has 2 aliphatic rings. The number of furan rings is 1. The molecule has 2 aliphatic heterocycles. The minimum absolute atomic E-state index is 0.132. The van der Waals surface area contributed by atoms with E-state index in [4.69, 9.17) is 4.42 Å². The fourth-order valence-electron chi connectivity index (χ4n) is 3.06. The van der Waals surface area contributed by atoms with Crippen molar-refractivity contribution in [1.29, 1.82) is 0 Å². The van der Waals surface area contributed by atoms with Gasteiger partial charge in [0.1, 0.15) is 5.76 Å². The molecule has 2 fully saturated rings. The molecule has 0 spiro atoms. The molecule has 0 aliphatic carbocycles. The molecule has 3 heterocycles. The van der Waals surface area contributed by atoms with Crippen molar-refractivity contribution >= 4 is 5.91 Å². The zero-order valence-electron chi connectivity index (χ0n) is 10.1. The molecule has 2 unspecified atom stereocenters. The third-order valence-corrected chi connectivity index (χ3v) is 3.98. The Morgan fingerprint density at radius 2 is 2.41 bits per heavy atom. The highest BCUT2D eigenvalue weighted by Gasteiger charge is 2.38. The fraction of sp³-hybridized carbons (Fsp3) is 0.615. The van der Waals surface area contributed by atoms with Crippen LogP contribution in [0.4, 0.5) is 0 Å². The molecule has 2 atom stereocenters. The SMILES string of the molecule is Cc1occc1C(=O)N1CCC2NCCCC21. The maximum absolute atomic E-state index is 12.4. The molecule has 4 heteroatoms. The Kier molecular flexibility index (Phi) is 2.67. The zero-order valence-corrected chi connectivity index (χ0v) is 10.1. The summed E-state index contributed by atoms with van der Waals surface area (Å²) in [4.78, 5) is 14.4. The number of carbonyl (C=O) groups is 1. The van der Waals surface area contributed by atoms with Crippen molar-refractivity contribution in [3.63, 3.8) is 0 Å². The summed E-state index contributed by atoms with van der Waals surface area (Å²) in [5.74, 6) is 0.856. The van der Waals surface area contributed by atoms with Crippen LogP contribution in [-0.4, -0.2) is 36.0 Å². The number of nitrogens with one attached hydrogen (secondary N) is 1. The monoisotopic (exact) mass is 234 g/mol. The van der Waals surface area contributed by atoms with Crippen molar-refractivity contribution in [2.45, 2.75) is 38.3 Å². The van der Waals surface area contributed by atoms with Crippen LogP contribution >= 0.6 is 0 Å². The standard InChI is InChI=1S/C13H18N2O2/c1-9-10(5-8-17-9)13(16)15-7-4-11-12(15)3-2-6-14-11/h5,8,11-12,14H,2-4,6-7H2,1H3. The molecule has 3 rings (SSSR count). The topological polar surface area (TPSA) is 45.5 Å². The first-order valence-corrected chi connectivity index (χ1v) is 6.36. The third kappa shape index (κ3) is 1.76. The third-order valence-electron chi connectivity index (χ3n) is 3.98. The van der Waals surface area contributed by atoms with Crippen LogP contribution in [0.15, 0.2) is 16.7 Å². The molecule has 0 aromatic carbocycles. The first-order chi connectivity index (χ1) is 8.27. The summed E-state index contributed by atoms with van der Waals surface area (Å²) in [5.41, 5.74) is 0.719. The van der Waals surface area contributed by atoms with Crippen LogP contribution in [0.2, 0.25) is 0 Å². The molecule has 4 nitrogen and oxygen atoms in total. The van der Waals surface area contributed by atoms with Crippen molar-refractivity contribution < 1.29 is 9.21 Å². The predicted octanol–water partition coefficient (Wildman–Crippen LogP) is 1.55. The number of hydrogen-bond donors (Lipinski definition) is 1. The average Bonchev–Trinajstić information content (AvgIpc) is 2.94. The molecule has 0 saturated carbocycles. The molecule has 2 saturated heterocycles. The Morgan fingerprint density at radius 1 is 1.53 bits per heavy atom. The van der Waals surface area contributed by atoms with Crippen LogP contribution in [0, 0.1) is 6.92 Å². The van der Waals surface area contributed by atoms with E-state index in [1.807, 2.05) is 11.8 Å². The van der Waals surface area contributed by atoms with E-state index in [9.17, 15) is 4.79 Å². The molecule has 1 amide bonds. The second-order valence-corrected chi connectivity index (χ2v) is 4.95. The largest absolute Gasteiger partial charge is 0.469 e. The lowest BCUT2D eigenvalue weighted by Gasteiger charge is -2.32. The lowest BCUT2D eigenvalue weighted by Crippen LogP contribution is -2.48. The van der Waals surface area contributed by atoms with Gasteiger partial charge in [0.05, 0.1) is 11.8 Å². The Balaban J connectivity index is 1.81. The van der Waals surface area contributed by atoms with Gasteiger partial charge in [0.25, 0.3) is 5.91 Å². The first kappa shape index (κ1) is 10.8. The molecule has 0 bridgehead atoms. The van der Waals surface area contributed by atoms with Crippen molar-refractivity contribution in [1.82, 2.24) is 10.2 Å². The maximum Gasteiger partial charge on any atom is 0.257 e. The molecule has 1 aromatic rings. The van der Waals surface area contributed by atoms with E-state index in [0.29, 0.717) is 12.1 Å². The minimum atomic E-state index is 0.132. The summed E-state index contributed by atoms with van der Waals surface area (Å²) in [6, 6.07) is 2.66. The number of rotatable bonds is 1. The predicted molar refractivity (Wildman–Crippen MR) is 63.9 cm³/mol. The highest BCUT2D eigenvalue weighted by Crippen LogP contribution is 2.27. The number of aryl methyl sites for hydroxylation is 1. The van der Waals surface area contributed by atoms with E-state index < -0.39 is 0 Å². The molecule has 1 N–H and O–H groups in total. The summed E-state index contributed by atoms with van der Waals surface area (Å²) < 4.78 is 5.22. The molecular weight excluding hydrogens is 216 g/mol. The van der Waals surface area contributed by atoms with E-state index in [1.54, 1.807) is 12.3 Å². The second-order valence-electron chi connectivity index (χ2n) is 4.95. The lowest BCUT2D eigenvalue weighted by molar-refractivity contribution is 0.0704. The van der Waals surface area contributed by atoms with Gasteiger partial charge < -0.3 is 14.6 Å². The van der Waals surface area contributed by atoms with Gasteiger partial charge in [-0.25, -0.2) is 0 Å². The molecule has 0 radical (unpaired) electrons. The summed E-state index contributed by atoms with van der Waals surface area (Å²) >= 11 is 0. The number of hydrogen-bond acceptors (Lipinski definition) is 3. The van der Waals surface area contributed by atoms with Gasteiger partial charge in [-0.3, -0.25) is 4.79 Å². The van der Waals surface area contributed by atoms with E-state index in [1.165, 1.54) is 0 Å². The maximum atomic E-state index is 12.4. The summed E-state index contributed by atoms with van der Waals surface area (Å²) in [7, 11) is 0. The summed E-state index contributed by atoms with van der Waals surface area (Å²) in [6.07, 6.45) is 4.96. The number of likely N-dealkylation sites (tertiary alicyclic amines) is 1. The molecule has 17 heavy (non-hydrogen) atoms. The Bertz CT molecular complexity index is 427. The van der Waals surface area contributed by atoms with Gasteiger partial charge in [0, 0.05) is 18.6 Å². The smallest absolute Gasteiger partial charge is 0.257 e. The van der Waals surface area contributed by atoms with Crippen LogP contribution in [0.5, 0.6) is 0 Å². The van der Waals surface area contributed by atoms with Crippen LogP contribution in [0.25, 0.3) is 0 Å². The normalized spacial score (nSPS) is 28.2. The van der Waals surface area contributed by atoms with Crippen molar-refractivity contribution in [2.75, 3.05) is 13.1 Å². The zero-order chi connectivity index (χ0) is 11.8. The van der Waals surface area contributed by atoms with Crippen LogP contribution in [0.1, 0.15) is 35.4 Å². The Labute approximate surface area is 101 Å². The highest BCUT2D eigenvalue weighted by molar-refractivity contribution is 5.95.